The fraction of sp³-hybridized carbons (Fsp3) is 0.304. The molecular formula is C23H25N5O3. The first-order chi connectivity index (χ1) is 14.8. The van der Waals surface area contributed by atoms with Crippen LogP contribution in [-0.2, 0) is 11.3 Å². The molecule has 1 heterocycles. The van der Waals surface area contributed by atoms with Gasteiger partial charge in [0.2, 0.25) is 11.8 Å². The number of aromatic hydroxyl groups is 1. The molecule has 0 aliphatic heterocycles. The van der Waals surface area contributed by atoms with Crippen LogP contribution >= 0.6 is 0 Å². The number of likely N-dealkylation sites (N-methyl/N-ethyl adjacent to an activating group) is 2. The van der Waals surface area contributed by atoms with Gasteiger partial charge in [-0.2, -0.15) is 5.10 Å². The van der Waals surface area contributed by atoms with Gasteiger partial charge in [0.1, 0.15) is 12.1 Å². The molecule has 4 rings (SSSR count). The highest BCUT2D eigenvalue weighted by Gasteiger charge is 2.19. The minimum Gasteiger partial charge on any atom is -0.493 e. The minimum atomic E-state index is -0.183. The maximum Gasteiger partial charge on any atom is 0.243 e. The van der Waals surface area contributed by atoms with Crippen molar-refractivity contribution >= 4 is 38.4 Å². The van der Waals surface area contributed by atoms with Crippen LogP contribution in [0.15, 0.2) is 46.2 Å². The Balaban J connectivity index is 2.11. The van der Waals surface area contributed by atoms with Crippen LogP contribution in [0.2, 0.25) is 0 Å². The van der Waals surface area contributed by atoms with Gasteiger partial charge in [-0.1, -0.05) is 24.3 Å². The number of hydrogen-bond donors (Lipinski definition) is 1. The van der Waals surface area contributed by atoms with Gasteiger partial charge in [-0.05, 0) is 26.2 Å². The van der Waals surface area contributed by atoms with Crippen molar-refractivity contribution in [3.63, 3.8) is 0 Å². The highest BCUT2D eigenvalue weighted by atomic mass is 16.3. The second-order valence-corrected chi connectivity index (χ2v) is 8.06. The first kappa shape index (κ1) is 20.7. The molecule has 0 fully saturated rings. The van der Waals surface area contributed by atoms with Crippen LogP contribution in [0.1, 0.15) is 0 Å². The summed E-state index contributed by atoms with van der Waals surface area (Å²) in [4.78, 5) is 33.4. The number of benzene rings is 3. The zero-order valence-electron chi connectivity index (χ0n) is 18.1. The van der Waals surface area contributed by atoms with E-state index in [1.165, 1.54) is 4.90 Å². The van der Waals surface area contributed by atoms with Gasteiger partial charge < -0.3 is 14.9 Å². The molecule has 31 heavy (non-hydrogen) atoms. The molecule has 1 amide bonds. The Morgan fingerprint density at radius 2 is 1.74 bits per heavy atom. The van der Waals surface area contributed by atoms with Crippen LogP contribution < -0.4 is 10.8 Å². The second kappa shape index (κ2) is 7.96. The third-order valence-electron chi connectivity index (χ3n) is 5.42. The number of carbonyl (C=O) groups is 1. The van der Waals surface area contributed by atoms with Crippen LogP contribution in [0.4, 0.5) is 0 Å². The van der Waals surface area contributed by atoms with Crippen molar-refractivity contribution in [2.45, 2.75) is 6.54 Å². The summed E-state index contributed by atoms with van der Waals surface area (Å²) < 4.78 is 1.57. The van der Waals surface area contributed by atoms with E-state index in [0.29, 0.717) is 45.5 Å². The Labute approximate surface area is 179 Å². The minimum absolute atomic E-state index is 0.00458. The van der Waals surface area contributed by atoms with Crippen LogP contribution in [0, 0.1) is 0 Å². The van der Waals surface area contributed by atoms with E-state index in [-0.39, 0.29) is 23.8 Å². The number of carbonyl (C=O) groups excluding carboxylic acids is 1. The summed E-state index contributed by atoms with van der Waals surface area (Å²) in [5, 5.41) is 18.8. The lowest BCUT2D eigenvalue weighted by atomic mass is 9.98. The molecule has 1 N–H and O–H groups in total. The lowest BCUT2D eigenvalue weighted by Crippen LogP contribution is -2.26. The highest BCUT2D eigenvalue weighted by Crippen LogP contribution is 2.32. The molecule has 0 spiro atoms. The van der Waals surface area contributed by atoms with Crippen LogP contribution in [0.25, 0.3) is 32.4 Å². The van der Waals surface area contributed by atoms with E-state index in [1.807, 2.05) is 37.2 Å². The number of aromatic nitrogens is 2. The van der Waals surface area contributed by atoms with Crippen molar-refractivity contribution in [1.82, 2.24) is 19.6 Å². The van der Waals surface area contributed by atoms with Gasteiger partial charge >= 0.3 is 0 Å². The smallest absolute Gasteiger partial charge is 0.243 e. The standard InChI is InChI=1S/C23H25N5O3/c1-26(2)11-12-28-23(31)16-9-10-17(24-13-18(29)27(3)4)20-19(16)21(25-28)14-7-5-6-8-15(14)22(20)30/h5-10,31H,11-13H2,1-4H3. The van der Waals surface area contributed by atoms with Crippen molar-refractivity contribution in [2.75, 3.05) is 41.3 Å². The normalized spacial score (nSPS) is 12.5. The summed E-state index contributed by atoms with van der Waals surface area (Å²) in [6, 6.07) is 10.7. The number of hydrogen-bond acceptors (Lipinski definition) is 6. The monoisotopic (exact) mass is 419 g/mol. The Morgan fingerprint density at radius 3 is 2.42 bits per heavy atom. The number of rotatable bonds is 5. The molecular weight excluding hydrogens is 394 g/mol. The highest BCUT2D eigenvalue weighted by molar-refractivity contribution is 6.20. The van der Waals surface area contributed by atoms with Gasteiger partial charge in [0.15, 0.2) is 5.43 Å². The molecule has 0 bridgehead atoms. The largest absolute Gasteiger partial charge is 0.493 e. The van der Waals surface area contributed by atoms with Crippen LogP contribution in [0.3, 0.4) is 0 Å². The summed E-state index contributed by atoms with van der Waals surface area (Å²) >= 11 is 0. The molecule has 0 aliphatic carbocycles. The molecule has 0 unspecified atom stereocenters. The van der Waals surface area contributed by atoms with Gasteiger partial charge in [0, 0.05) is 42.2 Å². The lowest BCUT2D eigenvalue weighted by molar-refractivity contribution is -0.127. The van der Waals surface area contributed by atoms with Crippen molar-refractivity contribution in [3.05, 3.63) is 52.0 Å². The van der Waals surface area contributed by atoms with Crippen molar-refractivity contribution < 1.29 is 9.90 Å². The zero-order valence-corrected chi connectivity index (χ0v) is 18.1. The van der Waals surface area contributed by atoms with Crippen molar-refractivity contribution in [3.8, 4) is 5.88 Å². The fourth-order valence-corrected chi connectivity index (χ4v) is 3.70. The second-order valence-electron chi connectivity index (χ2n) is 8.06. The molecule has 160 valence electrons. The average molecular weight is 419 g/mol. The molecule has 0 saturated heterocycles. The van der Waals surface area contributed by atoms with Gasteiger partial charge in [-0.3, -0.25) is 14.6 Å². The maximum atomic E-state index is 13.4. The van der Waals surface area contributed by atoms with E-state index in [2.05, 4.69) is 4.99 Å². The summed E-state index contributed by atoms with van der Waals surface area (Å²) in [5.41, 5.74) is 0.449. The molecule has 8 nitrogen and oxygen atoms in total. The fourth-order valence-electron chi connectivity index (χ4n) is 3.70. The average Bonchev–Trinajstić information content (AvgIpc) is 2.75. The van der Waals surface area contributed by atoms with Gasteiger partial charge in [0.25, 0.3) is 0 Å². The van der Waals surface area contributed by atoms with Gasteiger partial charge in [-0.15, -0.1) is 0 Å². The molecule has 0 radical (unpaired) electrons. The molecule has 1 aromatic heterocycles. The summed E-state index contributed by atoms with van der Waals surface area (Å²) in [5.74, 6) is -0.156. The first-order valence-electron chi connectivity index (χ1n) is 10.1. The Kier molecular flexibility index (Phi) is 5.32. The molecule has 4 aromatic rings. The lowest BCUT2D eigenvalue weighted by Gasteiger charge is -2.17. The molecule has 3 aromatic carbocycles. The number of amides is 1. The van der Waals surface area contributed by atoms with Gasteiger partial charge in [0.05, 0.1) is 17.3 Å². The Hall–Kier alpha value is -3.52. The summed E-state index contributed by atoms with van der Waals surface area (Å²) in [7, 11) is 7.24. The van der Waals surface area contributed by atoms with Gasteiger partial charge in [-0.25, -0.2) is 4.68 Å². The van der Waals surface area contributed by atoms with E-state index >= 15 is 0 Å². The molecule has 8 heteroatoms. The van der Waals surface area contributed by atoms with E-state index in [0.717, 1.165) is 5.39 Å². The van der Waals surface area contributed by atoms with Crippen LogP contribution in [-0.4, -0.2) is 71.9 Å². The van der Waals surface area contributed by atoms with E-state index in [4.69, 9.17) is 5.10 Å². The molecule has 0 atom stereocenters. The Bertz CT molecular complexity index is 1420. The quantitative estimate of drug-likeness (QED) is 0.390. The predicted molar refractivity (Wildman–Crippen MR) is 122 cm³/mol. The number of nitrogens with zero attached hydrogens (tertiary/aromatic N) is 5. The van der Waals surface area contributed by atoms with E-state index < -0.39 is 0 Å². The van der Waals surface area contributed by atoms with E-state index in [1.54, 1.807) is 37.0 Å². The SMILES string of the molecule is CN(C)CCn1nc2c3ccccc3c(=O)c3c(=NCC(=O)N(C)C)ccc(c1O)c32. The third-order valence-corrected chi connectivity index (χ3v) is 5.42. The maximum absolute atomic E-state index is 13.4. The van der Waals surface area contributed by atoms with Crippen molar-refractivity contribution in [1.29, 1.82) is 0 Å². The first-order valence-corrected chi connectivity index (χ1v) is 10.1. The molecule has 0 aliphatic rings. The van der Waals surface area contributed by atoms with E-state index in [9.17, 15) is 14.7 Å². The summed E-state index contributed by atoms with van der Waals surface area (Å²) in [6.45, 7) is 1.13. The third kappa shape index (κ3) is 3.59. The predicted octanol–water partition coefficient (Wildman–Crippen LogP) is 1.40. The molecule has 0 saturated carbocycles. The van der Waals surface area contributed by atoms with Crippen molar-refractivity contribution in [2.24, 2.45) is 4.99 Å². The van der Waals surface area contributed by atoms with Crippen LogP contribution in [0.5, 0.6) is 5.88 Å². The topological polar surface area (TPSA) is 91.0 Å². The summed E-state index contributed by atoms with van der Waals surface area (Å²) in [6.07, 6.45) is 0. The Morgan fingerprint density at radius 1 is 1.03 bits per heavy atom. The zero-order chi connectivity index (χ0) is 22.3. The number of fused-ring (bicyclic) bond motifs is 2.